The Bertz CT molecular complexity index is 1110. The number of hydrogen-bond donors (Lipinski definition) is 0. The molecule has 0 atom stereocenters. The summed E-state index contributed by atoms with van der Waals surface area (Å²) in [6.07, 6.45) is 5.81. The highest BCUT2D eigenvalue weighted by Crippen LogP contribution is 2.34. The van der Waals surface area contributed by atoms with Crippen molar-refractivity contribution in [1.29, 1.82) is 0 Å². The predicted octanol–water partition coefficient (Wildman–Crippen LogP) is 3.47. The number of carboxylic acids is 1. The summed E-state index contributed by atoms with van der Waals surface area (Å²) in [7, 11) is 0. The number of thioether (sulfide) groups is 1. The zero-order valence-corrected chi connectivity index (χ0v) is 17.4. The quantitative estimate of drug-likeness (QED) is 0.416. The van der Waals surface area contributed by atoms with Crippen molar-refractivity contribution in [2.24, 2.45) is 0 Å². The number of carbonyl (C=O) groups is 2. The zero-order valence-electron chi connectivity index (χ0n) is 15.8. The normalized spacial score (nSPS) is 15.3. The third kappa shape index (κ3) is 4.39. The largest absolute Gasteiger partial charge is 0.550 e. The Morgan fingerprint density at radius 1 is 1.13 bits per heavy atom. The van der Waals surface area contributed by atoms with Crippen LogP contribution in [0.25, 0.3) is 23.1 Å². The first kappa shape index (κ1) is 20.2. The number of carboxylic acid groups (broad SMARTS) is 1. The average Bonchev–Trinajstić information content (AvgIpc) is 3.46. The number of aliphatic carboxylic acids is 1. The second-order valence-electron chi connectivity index (χ2n) is 6.65. The van der Waals surface area contributed by atoms with Crippen LogP contribution >= 0.6 is 24.0 Å². The maximum atomic E-state index is 12.6. The molecule has 2 aromatic heterocycles. The Labute approximate surface area is 182 Å². The van der Waals surface area contributed by atoms with E-state index in [-0.39, 0.29) is 18.9 Å². The molecule has 0 aliphatic carbocycles. The fraction of sp³-hybridized carbons (Fsp3) is 0.136. The van der Waals surface area contributed by atoms with Crippen LogP contribution in [0.3, 0.4) is 0 Å². The van der Waals surface area contributed by atoms with E-state index in [1.54, 1.807) is 12.1 Å². The molecule has 30 heavy (non-hydrogen) atoms. The van der Waals surface area contributed by atoms with Crippen molar-refractivity contribution in [3.63, 3.8) is 0 Å². The summed E-state index contributed by atoms with van der Waals surface area (Å²) in [6.45, 7) is 0.257. The van der Waals surface area contributed by atoms with Gasteiger partial charge in [0.05, 0.1) is 4.91 Å². The third-order valence-corrected chi connectivity index (χ3v) is 5.97. The molecule has 0 N–H and O–H groups in total. The molecule has 0 bridgehead atoms. The van der Waals surface area contributed by atoms with Crippen molar-refractivity contribution in [3.8, 4) is 17.0 Å². The summed E-state index contributed by atoms with van der Waals surface area (Å²) < 4.78 is 8.33. The molecule has 0 radical (unpaired) electrons. The molecule has 152 valence electrons. The molecule has 1 aromatic carbocycles. The summed E-state index contributed by atoms with van der Waals surface area (Å²) in [5, 5.41) is 10.6. The summed E-state index contributed by atoms with van der Waals surface area (Å²) in [4.78, 5) is 25.0. The summed E-state index contributed by atoms with van der Waals surface area (Å²) >= 11 is 6.43. The van der Waals surface area contributed by atoms with E-state index in [9.17, 15) is 14.7 Å². The minimum Gasteiger partial charge on any atom is -0.550 e. The lowest BCUT2D eigenvalue weighted by molar-refractivity contribution is -0.305. The maximum absolute atomic E-state index is 12.6. The fourth-order valence-corrected chi connectivity index (χ4v) is 4.38. The predicted molar refractivity (Wildman–Crippen MR) is 118 cm³/mol. The van der Waals surface area contributed by atoms with Gasteiger partial charge < -0.3 is 18.9 Å². The molecule has 1 aliphatic rings. The van der Waals surface area contributed by atoms with Gasteiger partial charge in [0.15, 0.2) is 0 Å². The summed E-state index contributed by atoms with van der Waals surface area (Å²) in [5.41, 5.74) is 1.98. The van der Waals surface area contributed by atoms with E-state index in [1.807, 2.05) is 59.4 Å². The van der Waals surface area contributed by atoms with Gasteiger partial charge in [-0.3, -0.25) is 9.69 Å². The van der Waals surface area contributed by atoms with E-state index in [0.717, 1.165) is 11.3 Å². The Hall–Kier alpha value is -3.10. The lowest BCUT2D eigenvalue weighted by Gasteiger charge is -2.14. The fourth-order valence-electron chi connectivity index (χ4n) is 3.09. The minimum atomic E-state index is -1.14. The zero-order chi connectivity index (χ0) is 21.1. The second kappa shape index (κ2) is 8.73. The van der Waals surface area contributed by atoms with Gasteiger partial charge in [-0.05, 0) is 61.4 Å². The second-order valence-corrected chi connectivity index (χ2v) is 8.32. The molecular weight excluding hydrogens is 420 g/mol. The van der Waals surface area contributed by atoms with Crippen molar-refractivity contribution in [1.82, 2.24) is 9.47 Å². The van der Waals surface area contributed by atoms with E-state index in [2.05, 4.69) is 0 Å². The van der Waals surface area contributed by atoms with Gasteiger partial charge in [0.1, 0.15) is 15.8 Å². The SMILES string of the molecule is O=C([O-])CCCN1C(=O)/C(=C/c2ccc(-c3ccc(-n4cccc4)cc3)o2)SC1=S. The summed E-state index contributed by atoms with van der Waals surface area (Å²) in [5.74, 6) is -0.127. The Morgan fingerprint density at radius 3 is 2.57 bits per heavy atom. The van der Waals surface area contributed by atoms with Gasteiger partial charge in [-0.25, -0.2) is 0 Å². The molecule has 3 heterocycles. The lowest BCUT2D eigenvalue weighted by Crippen LogP contribution is -2.30. The van der Waals surface area contributed by atoms with Crippen molar-refractivity contribution in [2.45, 2.75) is 12.8 Å². The van der Waals surface area contributed by atoms with Gasteiger partial charge in [0.2, 0.25) is 0 Å². The van der Waals surface area contributed by atoms with Crippen LogP contribution in [0.2, 0.25) is 0 Å². The molecular formula is C22H17N2O4S2-. The molecule has 1 amide bonds. The Kier molecular flexibility index (Phi) is 5.87. The Balaban J connectivity index is 1.46. The first-order chi connectivity index (χ1) is 14.5. The van der Waals surface area contributed by atoms with Crippen molar-refractivity contribution in [2.75, 3.05) is 6.54 Å². The molecule has 1 fully saturated rings. The van der Waals surface area contributed by atoms with E-state index in [1.165, 1.54) is 16.7 Å². The van der Waals surface area contributed by atoms with E-state index in [0.29, 0.717) is 27.2 Å². The first-order valence-corrected chi connectivity index (χ1v) is 10.5. The molecule has 6 nitrogen and oxygen atoms in total. The highest BCUT2D eigenvalue weighted by atomic mass is 32.2. The first-order valence-electron chi connectivity index (χ1n) is 9.30. The lowest BCUT2D eigenvalue weighted by atomic mass is 10.1. The molecule has 3 aromatic rings. The number of furan rings is 1. The van der Waals surface area contributed by atoms with Crippen molar-refractivity contribution >= 4 is 46.3 Å². The molecule has 4 rings (SSSR count). The van der Waals surface area contributed by atoms with Crippen LogP contribution < -0.4 is 5.11 Å². The monoisotopic (exact) mass is 437 g/mol. The van der Waals surface area contributed by atoms with Crippen LogP contribution in [0, 0.1) is 0 Å². The number of nitrogens with zero attached hydrogens (tertiary/aromatic N) is 2. The van der Waals surface area contributed by atoms with Crippen LogP contribution in [0.5, 0.6) is 0 Å². The molecule has 0 spiro atoms. The van der Waals surface area contributed by atoms with Crippen molar-refractivity contribution < 1.29 is 19.1 Å². The van der Waals surface area contributed by atoms with E-state index in [4.69, 9.17) is 16.6 Å². The van der Waals surface area contributed by atoms with Crippen molar-refractivity contribution in [3.05, 3.63) is 71.6 Å². The number of carbonyl (C=O) groups excluding carboxylic acids is 2. The number of thiocarbonyl (C=S) groups is 1. The van der Waals surface area contributed by atoms with E-state index < -0.39 is 5.97 Å². The molecule has 1 saturated heterocycles. The van der Waals surface area contributed by atoms with Gasteiger partial charge in [-0.15, -0.1) is 0 Å². The molecule has 0 saturated carbocycles. The number of hydrogen-bond acceptors (Lipinski definition) is 6. The van der Waals surface area contributed by atoms with Crippen LogP contribution in [0.4, 0.5) is 0 Å². The third-order valence-electron chi connectivity index (χ3n) is 4.59. The number of amides is 1. The van der Waals surface area contributed by atoms with Gasteiger partial charge in [0.25, 0.3) is 5.91 Å². The minimum absolute atomic E-state index is 0.110. The van der Waals surface area contributed by atoms with Gasteiger partial charge >= 0.3 is 0 Å². The van der Waals surface area contributed by atoms with Gasteiger partial charge in [0, 0.05) is 42.2 Å². The number of aromatic nitrogens is 1. The van der Waals surface area contributed by atoms with Gasteiger partial charge in [-0.1, -0.05) is 24.0 Å². The highest BCUT2D eigenvalue weighted by molar-refractivity contribution is 8.26. The molecule has 0 unspecified atom stereocenters. The van der Waals surface area contributed by atoms with E-state index >= 15 is 0 Å². The molecule has 8 heteroatoms. The number of benzene rings is 1. The van der Waals surface area contributed by atoms with Crippen LogP contribution in [-0.4, -0.2) is 32.2 Å². The maximum Gasteiger partial charge on any atom is 0.266 e. The number of rotatable bonds is 7. The Morgan fingerprint density at radius 2 is 1.87 bits per heavy atom. The van der Waals surface area contributed by atoms with Crippen LogP contribution in [0.15, 0.2) is 70.2 Å². The molecule has 1 aliphatic heterocycles. The average molecular weight is 438 g/mol. The van der Waals surface area contributed by atoms with Crippen LogP contribution in [0.1, 0.15) is 18.6 Å². The van der Waals surface area contributed by atoms with Crippen LogP contribution in [-0.2, 0) is 9.59 Å². The summed E-state index contributed by atoms with van der Waals surface area (Å²) in [6, 6.07) is 15.6. The standard InChI is InChI=1S/C22H18N2O4S2/c25-20(26)4-3-13-24-21(27)19(30-22(24)29)14-17-9-10-18(28-17)15-5-7-16(8-6-15)23-11-1-2-12-23/h1-2,5-12,14H,3-4,13H2,(H,25,26)/p-1/b19-14-. The topological polar surface area (TPSA) is 78.5 Å². The van der Waals surface area contributed by atoms with Gasteiger partial charge in [-0.2, -0.15) is 0 Å². The highest BCUT2D eigenvalue weighted by Gasteiger charge is 2.31. The smallest absolute Gasteiger partial charge is 0.266 e.